The number of nitrogens with one attached hydrogen (secondary N) is 1. The fraction of sp³-hybridized carbons (Fsp3) is 0.200. The first-order chi connectivity index (χ1) is 9.56. The van der Waals surface area contributed by atoms with E-state index in [1.54, 1.807) is 22.7 Å². The number of benzene rings is 1. The Kier molecular flexibility index (Phi) is 3.31. The van der Waals surface area contributed by atoms with Crippen molar-refractivity contribution in [2.45, 2.75) is 20.8 Å². The first kappa shape index (κ1) is 13.3. The van der Waals surface area contributed by atoms with Crippen molar-refractivity contribution in [3.8, 4) is 10.6 Å². The molecule has 1 aromatic carbocycles. The topological polar surface area (TPSA) is 42.0 Å². The van der Waals surface area contributed by atoms with Gasteiger partial charge in [-0.05, 0) is 31.5 Å². The van der Waals surface area contributed by atoms with Crippen molar-refractivity contribution < 1.29 is 4.79 Å². The number of anilines is 1. The molecule has 0 aliphatic rings. The van der Waals surface area contributed by atoms with Gasteiger partial charge in [-0.25, -0.2) is 4.98 Å². The molecule has 0 fully saturated rings. The number of carbonyl (C=O) groups excluding carboxylic acids is 1. The molecule has 0 saturated carbocycles. The fourth-order valence-electron chi connectivity index (χ4n) is 2.11. The average Bonchev–Trinajstić information content (AvgIpc) is 2.91. The summed E-state index contributed by atoms with van der Waals surface area (Å²) >= 11 is 3.27. The third-order valence-electron chi connectivity index (χ3n) is 3.18. The van der Waals surface area contributed by atoms with Gasteiger partial charge in [0.1, 0.15) is 10.0 Å². The standard InChI is InChI=1S/C15H14N2OS2/c1-8-9(2)19-14(16-10(3)18)13(8)15-17-11-6-4-5-7-12(11)20-15/h4-7H,1-3H3,(H,16,18). The van der Waals surface area contributed by atoms with Gasteiger partial charge < -0.3 is 5.32 Å². The Morgan fingerprint density at radius 1 is 1.20 bits per heavy atom. The normalized spacial score (nSPS) is 10.9. The van der Waals surface area contributed by atoms with E-state index in [1.807, 2.05) is 18.2 Å². The van der Waals surface area contributed by atoms with Crippen molar-refractivity contribution in [3.05, 3.63) is 34.7 Å². The van der Waals surface area contributed by atoms with Gasteiger partial charge in [-0.3, -0.25) is 4.79 Å². The molecule has 0 aliphatic carbocycles. The zero-order valence-corrected chi connectivity index (χ0v) is 13.1. The van der Waals surface area contributed by atoms with Gasteiger partial charge in [-0.15, -0.1) is 22.7 Å². The number of aromatic nitrogens is 1. The van der Waals surface area contributed by atoms with Crippen LogP contribution in [0.2, 0.25) is 0 Å². The molecule has 3 nitrogen and oxygen atoms in total. The van der Waals surface area contributed by atoms with E-state index in [1.165, 1.54) is 22.1 Å². The number of rotatable bonds is 2. The van der Waals surface area contributed by atoms with Crippen LogP contribution >= 0.6 is 22.7 Å². The SMILES string of the molecule is CC(=O)Nc1sc(C)c(C)c1-c1nc2ccccc2s1. The molecule has 2 heterocycles. The second-order valence-electron chi connectivity index (χ2n) is 4.66. The van der Waals surface area contributed by atoms with Gasteiger partial charge in [-0.1, -0.05) is 12.1 Å². The summed E-state index contributed by atoms with van der Waals surface area (Å²) in [6, 6.07) is 8.10. The van der Waals surface area contributed by atoms with E-state index in [0.717, 1.165) is 21.1 Å². The predicted molar refractivity (Wildman–Crippen MR) is 86.7 cm³/mol. The molecule has 0 spiro atoms. The lowest BCUT2D eigenvalue weighted by molar-refractivity contribution is -0.114. The maximum Gasteiger partial charge on any atom is 0.221 e. The molecule has 0 unspecified atom stereocenters. The largest absolute Gasteiger partial charge is 0.317 e. The van der Waals surface area contributed by atoms with Crippen LogP contribution in [0.15, 0.2) is 24.3 Å². The van der Waals surface area contributed by atoms with E-state index in [9.17, 15) is 4.79 Å². The molecule has 2 aromatic heterocycles. The summed E-state index contributed by atoms with van der Waals surface area (Å²) in [7, 11) is 0. The summed E-state index contributed by atoms with van der Waals surface area (Å²) < 4.78 is 1.17. The van der Waals surface area contributed by atoms with Crippen LogP contribution in [-0.2, 0) is 4.79 Å². The van der Waals surface area contributed by atoms with Gasteiger partial charge in [0.05, 0.1) is 10.2 Å². The highest BCUT2D eigenvalue weighted by Crippen LogP contribution is 2.42. The van der Waals surface area contributed by atoms with Gasteiger partial charge in [-0.2, -0.15) is 0 Å². The molecule has 0 aliphatic heterocycles. The molecule has 5 heteroatoms. The van der Waals surface area contributed by atoms with Crippen LogP contribution in [0.25, 0.3) is 20.8 Å². The third kappa shape index (κ3) is 2.23. The summed E-state index contributed by atoms with van der Waals surface area (Å²) in [6.07, 6.45) is 0. The molecule has 3 aromatic rings. The van der Waals surface area contributed by atoms with Crippen LogP contribution in [-0.4, -0.2) is 10.9 Å². The molecular formula is C15H14N2OS2. The Labute approximate surface area is 125 Å². The first-order valence-corrected chi connectivity index (χ1v) is 7.93. The molecule has 0 radical (unpaired) electrons. The number of hydrogen-bond acceptors (Lipinski definition) is 4. The number of fused-ring (bicyclic) bond motifs is 1. The zero-order chi connectivity index (χ0) is 14.3. The van der Waals surface area contributed by atoms with Crippen molar-refractivity contribution in [2.75, 3.05) is 5.32 Å². The van der Waals surface area contributed by atoms with Gasteiger partial charge >= 0.3 is 0 Å². The Morgan fingerprint density at radius 3 is 2.65 bits per heavy atom. The van der Waals surface area contributed by atoms with Crippen LogP contribution in [0.1, 0.15) is 17.4 Å². The Bertz CT molecular complexity index is 768. The van der Waals surface area contributed by atoms with E-state index >= 15 is 0 Å². The van der Waals surface area contributed by atoms with Crippen LogP contribution in [0.4, 0.5) is 5.00 Å². The lowest BCUT2D eigenvalue weighted by Crippen LogP contribution is -2.05. The molecule has 1 amide bonds. The number of thiazole rings is 1. The number of hydrogen-bond donors (Lipinski definition) is 1. The molecule has 1 N–H and O–H groups in total. The van der Waals surface area contributed by atoms with Gasteiger partial charge in [0.2, 0.25) is 5.91 Å². The lowest BCUT2D eigenvalue weighted by atomic mass is 10.1. The van der Waals surface area contributed by atoms with E-state index in [0.29, 0.717) is 0 Å². The number of aryl methyl sites for hydroxylation is 1. The molecule has 102 valence electrons. The summed E-state index contributed by atoms with van der Waals surface area (Å²) in [4.78, 5) is 17.3. The van der Waals surface area contributed by atoms with E-state index in [-0.39, 0.29) is 5.91 Å². The third-order valence-corrected chi connectivity index (χ3v) is 5.36. The molecule has 0 bridgehead atoms. The van der Waals surface area contributed by atoms with Crippen molar-refractivity contribution >= 4 is 43.8 Å². The number of amides is 1. The monoisotopic (exact) mass is 302 g/mol. The Morgan fingerprint density at radius 2 is 1.95 bits per heavy atom. The van der Waals surface area contributed by atoms with Crippen LogP contribution < -0.4 is 5.32 Å². The van der Waals surface area contributed by atoms with E-state index < -0.39 is 0 Å². The number of thiophene rings is 1. The number of carbonyl (C=O) groups is 1. The Hall–Kier alpha value is -1.72. The predicted octanol–water partition coefficient (Wildman–Crippen LogP) is 4.60. The zero-order valence-electron chi connectivity index (χ0n) is 11.5. The van der Waals surface area contributed by atoms with Gasteiger partial charge in [0.25, 0.3) is 0 Å². The molecule has 20 heavy (non-hydrogen) atoms. The van der Waals surface area contributed by atoms with Crippen molar-refractivity contribution in [3.63, 3.8) is 0 Å². The van der Waals surface area contributed by atoms with E-state index in [4.69, 9.17) is 4.98 Å². The molecule has 0 atom stereocenters. The van der Waals surface area contributed by atoms with Crippen molar-refractivity contribution in [1.29, 1.82) is 0 Å². The van der Waals surface area contributed by atoms with Crippen LogP contribution in [0, 0.1) is 13.8 Å². The fourth-order valence-corrected chi connectivity index (χ4v) is 4.36. The maximum absolute atomic E-state index is 11.4. The minimum Gasteiger partial charge on any atom is -0.317 e. The van der Waals surface area contributed by atoms with E-state index in [2.05, 4.69) is 25.2 Å². The molecule has 3 rings (SSSR count). The highest BCUT2D eigenvalue weighted by molar-refractivity contribution is 7.22. The quantitative estimate of drug-likeness (QED) is 0.751. The van der Waals surface area contributed by atoms with Crippen molar-refractivity contribution in [1.82, 2.24) is 4.98 Å². The number of nitrogens with zero attached hydrogens (tertiary/aromatic N) is 1. The first-order valence-electron chi connectivity index (χ1n) is 6.30. The highest BCUT2D eigenvalue weighted by atomic mass is 32.1. The van der Waals surface area contributed by atoms with Crippen LogP contribution in [0.5, 0.6) is 0 Å². The second-order valence-corrected chi connectivity index (χ2v) is 6.91. The van der Waals surface area contributed by atoms with Crippen molar-refractivity contribution in [2.24, 2.45) is 0 Å². The van der Waals surface area contributed by atoms with Crippen LogP contribution in [0.3, 0.4) is 0 Å². The molecular weight excluding hydrogens is 288 g/mol. The summed E-state index contributed by atoms with van der Waals surface area (Å²) in [5.74, 6) is -0.0476. The summed E-state index contributed by atoms with van der Waals surface area (Å²) in [6.45, 7) is 5.69. The Balaban J connectivity index is 2.19. The summed E-state index contributed by atoms with van der Waals surface area (Å²) in [5, 5.41) is 4.79. The smallest absolute Gasteiger partial charge is 0.221 e. The number of para-hydroxylation sites is 1. The molecule has 0 saturated heterocycles. The average molecular weight is 302 g/mol. The minimum absolute atomic E-state index is 0.0476. The highest BCUT2D eigenvalue weighted by Gasteiger charge is 2.18. The maximum atomic E-state index is 11.4. The summed E-state index contributed by atoms with van der Waals surface area (Å²) in [5.41, 5.74) is 3.26. The lowest BCUT2D eigenvalue weighted by Gasteiger charge is -2.02. The van der Waals surface area contributed by atoms with Gasteiger partial charge in [0, 0.05) is 17.4 Å². The second kappa shape index (κ2) is 5.00. The van der Waals surface area contributed by atoms with Gasteiger partial charge in [0.15, 0.2) is 0 Å². The minimum atomic E-state index is -0.0476.